The zero-order valence-electron chi connectivity index (χ0n) is 34.2. The van der Waals surface area contributed by atoms with E-state index in [9.17, 15) is 9.59 Å². The van der Waals surface area contributed by atoms with Crippen LogP contribution >= 0.6 is 0 Å². The number of nitrogens with two attached hydrogens (primary N) is 2. The molecular weight excluding hydrogens is 753 g/mol. The quantitative estimate of drug-likeness (QED) is 0.0519. The first kappa shape index (κ1) is 40.9. The number of nitrogens with one attached hydrogen (secondary N) is 3. The molecule has 0 radical (unpaired) electrons. The van der Waals surface area contributed by atoms with Crippen molar-refractivity contribution in [2.75, 3.05) is 64.1 Å². The number of hydrogen-bond donors (Lipinski definition) is 5. The highest BCUT2D eigenvalue weighted by molar-refractivity contribution is 6.47. The molecule has 1 saturated heterocycles. The molecule has 312 valence electrons. The van der Waals surface area contributed by atoms with Crippen LogP contribution in [0.15, 0.2) is 59.2 Å². The summed E-state index contributed by atoms with van der Waals surface area (Å²) in [6, 6.07) is 8.96. The molecule has 0 aliphatic carbocycles. The van der Waals surface area contributed by atoms with E-state index in [1.807, 2.05) is 46.4 Å². The van der Waals surface area contributed by atoms with E-state index >= 15 is 0 Å². The monoisotopic (exact) mass is 806 g/mol. The fourth-order valence-corrected chi connectivity index (χ4v) is 7.84. The molecule has 0 atom stereocenters. The molecule has 5 aromatic rings. The summed E-state index contributed by atoms with van der Waals surface area (Å²) < 4.78 is 18.3. The molecule has 2 aliphatic rings. The Morgan fingerprint density at radius 2 is 1.75 bits per heavy atom. The third-order valence-corrected chi connectivity index (χ3v) is 10.6. The van der Waals surface area contributed by atoms with E-state index in [0.717, 1.165) is 81.2 Å². The summed E-state index contributed by atoms with van der Waals surface area (Å²) in [6.07, 6.45) is 8.43. The number of hydrogen-bond acceptors (Lipinski definition) is 13. The summed E-state index contributed by atoms with van der Waals surface area (Å²) in [5.74, 6) is 3.68. The number of aliphatic imine (C=N–C) groups is 1. The van der Waals surface area contributed by atoms with Gasteiger partial charge in [0.05, 0.1) is 31.3 Å². The fraction of sp³-hybridized carbons (Fsp3) is 0.439. The van der Waals surface area contributed by atoms with Gasteiger partial charge in [-0.25, -0.2) is 9.97 Å². The lowest BCUT2D eigenvalue weighted by molar-refractivity contribution is -0.110. The molecular formula is C41H54N14O4. The van der Waals surface area contributed by atoms with Crippen LogP contribution in [0.4, 0.5) is 11.9 Å². The standard InChI is InChI=1S/C41H54N14O4/c1-5-46-31(22-26(2)42)39(57)49-41-47-29-10-8-11-32(58-4)35(29)55(41)17-7-6-16-54-36-30(48-40(54)44-3)23-28(37(43)56)24-33(36)59-21-9-15-52-18-12-27(13-19-52)38-51-50-34-25-45-14-20-53(34)38/h6-8,10-11,22-24,27,45H,5,9,12-21,25,42H2,1-4H3,(H2,43,56)(H,44,48)(H,47,49,57)/b7-6+,26-22-,46-31?. The van der Waals surface area contributed by atoms with Gasteiger partial charge in [0.15, 0.2) is 0 Å². The molecule has 2 aliphatic heterocycles. The van der Waals surface area contributed by atoms with E-state index in [1.54, 1.807) is 39.3 Å². The maximum absolute atomic E-state index is 13.4. The van der Waals surface area contributed by atoms with Crippen molar-refractivity contribution in [2.24, 2.45) is 16.5 Å². The van der Waals surface area contributed by atoms with Crippen LogP contribution in [0.25, 0.3) is 22.1 Å². The molecule has 1 fully saturated rings. The molecule has 2 aromatic carbocycles. The highest BCUT2D eigenvalue weighted by Crippen LogP contribution is 2.33. The summed E-state index contributed by atoms with van der Waals surface area (Å²) in [7, 11) is 3.40. The van der Waals surface area contributed by atoms with Gasteiger partial charge in [-0.2, -0.15) is 0 Å². The molecule has 3 aromatic heterocycles. The largest absolute Gasteiger partial charge is 0.494 e. The van der Waals surface area contributed by atoms with E-state index in [1.165, 1.54) is 0 Å². The number of allylic oxidation sites excluding steroid dienone is 3. The van der Waals surface area contributed by atoms with E-state index in [2.05, 4.69) is 40.6 Å². The summed E-state index contributed by atoms with van der Waals surface area (Å²) in [6.45, 7) is 10.7. The first-order valence-electron chi connectivity index (χ1n) is 20.2. The van der Waals surface area contributed by atoms with Crippen molar-refractivity contribution in [3.63, 3.8) is 0 Å². The minimum absolute atomic E-state index is 0.206. The molecule has 7 rings (SSSR count). The summed E-state index contributed by atoms with van der Waals surface area (Å²) in [5, 5.41) is 18.4. The van der Waals surface area contributed by atoms with Crippen molar-refractivity contribution in [1.82, 2.24) is 44.1 Å². The Hall–Kier alpha value is -6.27. The van der Waals surface area contributed by atoms with E-state index in [4.69, 9.17) is 30.9 Å². The van der Waals surface area contributed by atoms with E-state index in [-0.39, 0.29) is 5.71 Å². The molecule has 0 saturated carbocycles. The predicted molar refractivity (Wildman–Crippen MR) is 228 cm³/mol. The zero-order chi connectivity index (χ0) is 41.5. The molecule has 0 unspecified atom stereocenters. The number of likely N-dealkylation sites (tertiary alicyclic amines) is 1. The predicted octanol–water partition coefficient (Wildman–Crippen LogP) is 3.40. The fourth-order valence-electron chi connectivity index (χ4n) is 7.84. The van der Waals surface area contributed by atoms with Crippen LogP contribution < -0.4 is 36.9 Å². The van der Waals surface area contributed by atoms with Crippen LogP contribution in [0.1, 0.15) is 61.0 Å². The van der Waals surface area contributed by atoms with Gasteiger partial charge in [-0.05, 0) is 76.5 Å². The minimum Gasteiger partial charge on any atom is -0.494 e. The number of primary amides is 1. The van der Waals surface area contributed by atoms with Gasteiger partial charge >= 0.3 is 0 Å². The molecule has 59 heavy (non-hydrogen) atoms. The topological polar surface area (TPSA) is 223 Å². The van der Waals surface area contributed by atoms with Gasteiger partial charge in [-0.15, -0.1) is 10.2 Å². The third kappa shape index (κ3) is 9.08. The number of para-hydroxylation sites is 1. The van der Waals surface area contributed by atoms with Crippen molar-refractivity contribution < 1.29 is 19.1 Å². The van der Waals surface area contributed by atoms with Crippen molar-refractivity contribution in [3.8, 4) is 11.5 Å². The number of piperidine rings is 1. The molecule has 18 nitrogen and oxygen atoms in total. The molecule has 7 N–H and O–H groups in total. The lowest BCUT2D eigenvalue weighted by Crippen LogP contribution is -2.36. The van der Waals surface area contributed by atoms with Gasteiger partial charge in [-0.1, -0.05) is 18.2 Å². The van der Waals surface area contributed by atoms with Crippen LogP contribution in [0.2, 0.25) is 0 Å². The van der Waals surface area contributed by atoms with Gasteiger partial charge in [-0.3, -0.25) is 19.9 Å². The van der Waals surface area contributed by atoms with Crippen LogP contribution in [0.3, 0.4) is 0 Å². The third-order valence-electron chi connectivity index (χ3n) is 10.6. The Kier molecular flexibility index (Phi) is 12.9. The van der Waals surface area contributed by atoms with Crippen molar-refractivity contribution in [3.05, 3.63) is 71.5 Å². The van der Waals surface area contributed by atoms with Gasteiger partial charge in [0.1, 0.15) is 39.9 Å². The first-order chi connectivity index (χ1) is 28.7. The lowest BCUT2D eigenvalue weighted by atomic mass is 9.95. The number of methoxy groups -OCH3 is 1. The second-order valence-electron chi connectivity index (χ2n) is 14.7. The number of carbonyl (C=O) groups is 2. The van der Waals surface area contributed by atoms with E-state index in [0.29, 0.717) is 77.8 Å². The smallest absolute Gasteiger partial charge is 0.276 e. The van der Waals surface area contributed by atoms with Crippen LogP contribution in [-0.2, 0) is 31.0 Å². The number of aromatic nitrogens is 7. The second kappa shape index (κ2) is 18.5. The van der Waals surface area contributed by atoms with Crippen LogP contribution in [0.5, 0.6) is 11.5 Å². The Labute approximate surface area is 342 Å². The number of benzene rings is 2. The Balaban J connectivity index is 1.05. The van der Waals surface area contributed by atoms with Gasteiger partial charge < -0.3 is 50.2 Å². The Morgan fingerprint density at radius 3 is 2.46 bits per heavy atom. The molecule has 18 heteroatoms. The van der Waals surface area contributed by atoms with Crippen molar-refractivity contribution in [1.29, 1.82) is 0 Å². The van der Waals surface area contributed by atoms with Gasteiger partial charge in [0.25, 0.3) is 5.91 Å². The summed E-state index contributed by atoms with van der Waals surface area (Å²) >= 11 is 0. The highest BCUT2D eigenvalue weighted by Gasteiger charge is 2.27. The first-order valence-corrected chi connectivity index (χ1v) is 20.2. The normalized spacial score (nSPS) is 15.6. The van der Waals surface area contributed by atoms with Crippen LogP contribution in [0, 0.1) is 0 Å². The minimum atomic E-state index is -0.557. The maximum Gasteiger partial charge on any atom is 0.276 e. The number of ether oxygens (including phenoxy) is 2. The number of fused-ring (bicyclic) bond motifs is 3. The Bertz CT molecular complexity index is 2390. The molecule has 2 amide bonds. The molecule has 0 spiro atoms. The number of rotatable bonds is 17. The summed E-state index contributed by atoms with van der Waals surface area (Å²) in [4.78, 5) is 42.1. The molecule has 0 bridgehead atoms. The number of amides is 2. The van der Waals surface area contributed by atoms with Crippen molar-refractivity contribution in [2.45, 2.75) is 65.2 Å². The second-order valence-corrected chi connectivity index (χ2v) is 14.7. The van der Waals surface area contributed by atoms with Crippen LogP contribution in [-0.4, -0.2) is 110 Å². The molecule has 5 heterocycles. The number of nitrogens with zero attached hydrogens (tertiary/aromatic N) is 9. The maximum atomic E-state index is 13.4. The summed E-state index contributed by atoms with van der Waals surface area (Å²) in [5.41, 5.74) is 15.3. The van der Waals surface area contributed by atoms with E-state index < -0.39 is 11.8 Å². The van der Waals surface area contributed by atoms with Crippen molar-refractivity contribution >= 4 is 51.5 Å². The van der Waals surface area contributed by atoms with Gasteiger partial charge in [0, 0.05) is 63.5 Å². The Morgan fingerprint density at radius 1 is 1.00 bits per heavy atom. The number of carbonyl (C=O) groups excluding carboxylic acids is 2. The average Bonchev–Trinajstić information content (AvgIpc) is 3.94. The van der Waals surface area contributed by atoms with Gasteiger partial charge in [0.2, 0.25) is 17.8 Å². The zero-order valence-corrected chi connectivity index (χ0v) is 34.2. The highest BCUT2D eigenvalue weighted by atomic mass is 16.5. The SMILES string of the molecule is CCN=C(/C=C(/C)N)C(=O)Nc1nc2cccc(OC)c2n1C/C=C/Cn1c(NC)nc2cc(C(N)=O)cc(OCCCN3CCC(c4nnc5n4CCNC5)CC3)c21. The number of anilines is 2. The average molecular weight is 807 g/mol. The lowest BCUT2D eigenvalue weighted by Gasteiger charge is -2.32. The number of imidazole rings is 2.